The summed E-state index contributed by atoms with van der Waals surface area (Å²) in [6, 6.07) is -0.781. The average molecular weight is 172 g/mol. The van der Waals surface area contributed by atoms with E-state index in [1.165, 1.54) is 18.9 Å². The Morgan fingerprint density at radius 2 is 2.25 bits per heavy atom. The van der Waals surface area contributed by atoms with Crippen molar-refractivity contribution in [1.29, 1.82) is 0 Å². The number of nitrogens with one attached hydrogen (secondary N) is 1. The van der Waals surface area contributed by atoms with Gasteiger partial charge in [-0.2, -0.15) is 0 Å². The van der Waals surface area contributed by atoms with Crippen LogP contribution in [0.25, 0.3) is 0 Å². The Morgan fingerprint density at radius 3 is 2.75 bits per heavy atom. The molecule has 1 rings (SSSR count). The number of piperazine rings is 1. The SMILES string of the molecule is CC(O)C1NC(=O)CN(C)C1=O. The zero-order chi connectivity index (χ0) is 9.30. The number of likely N-dealkylation sites (N-methyl/N-ethyl adjacent to an activating group) is 1. The van der Waals surface area contributed by atoms with E-state index >= 15 is 0 Å². The summed E-state index contributed by atoms with van der Waals surface area (Å²) in [6.07, 6.45) is -0.843. The van der Waals surface area contributed by atoms with Crippen molar-refractivity contribution in [2.45, 2.75) is 19.1 Å². The average Bonchev–Trinajstić information content (AvgIpc) is 1.96. The Bertz CT molecular complexity index is 215. The molecule has 0 aromatic heterocycles. The molecule has 2 N–H and O–H groups in total. The van der Waals surface area contributed by atoms with Gasteiger partial charge in [0.05, 0.1) is 12.6 Å². The summed E-state index contributed by atoms with van der Waals surface area (Å²) in [4.78, 5) is 23.5. The maximum Gasteiger partial charge on any atom is 0.248 e. The zero-order valence-electron chi connectivity index (χ0n) is 7.07. The second-order valence-corrected chi connectivity index (χ2v) is 2.98. The van der Waals surface area contributed by atoms with E-state index in [9.17, 15) is 9.59 Å². The van der Waals surface area contributed by atoms with Gasteiger partial charge in [0, 0.05) is 7.05 Å². The van der Waals surface area contributed by atoms with E-state index in [1.54, 1.807) is 0 Å². The van der Waals surface area contributed by atoms with Crippen molar-refractivity contribution in [3.05, 3.63) is 0 Å². The third kappa shape index (κ3) is 1.55. The standard InChI is InChI=1S/C7H12N2O3/c1-4(10)6-7(12)9(2)3-5(11)8-6/h4,6,10H,3H2,1-2H3,(H,8,11). The molecule has 12 heavy (non-hydrogen) atoms. The first-order chi connectivity index (χ1) is 5.52. The lowest BCUT2D eigenvalue weighted by Gasteiger charge is -2.31. The van der Waals surface area contributed by atoms with Gasteiger partial charge in [-0.3, -0.25) is 9.59 Å². The maximum absolute atomic E-state index is 11.3. The van der Waals surface area contributed by atoms with Crippen LogP contribution >= 0.6 is 0 Å². The normalized spacial score (nSPS) is 26.9. The van der Waals surface area contributed by atoms with Crippen molar-refractivity contribution >= 4 is 11.8 Å². The maximum atomic E-state index is 11.3. The van der Waals surface area contributed by atoms with Gasteiger partial charge in [0.1, 0.15) is 6.04 Å². The van der Waals surface area contributed by atoms with E-state index in [0.29, 0.717) is 0 Å². The smallest absolute Gasteiger partial charge is 0.248 e. The highest BCUT2D eigenvalue weighted by molar-refractivity contribution is 5.94. The molecular weight excluding hydrogens is 160 g/mol. The minimum absolute atomic E-state index is 0.0715. The number of carbonyl (C=O) groups excluding carboxylic acids is 2. The van der Waals surface area contributed by atoms with Crippen molar-refractivity contribution < 1.29 is 14.7 Å². The number of rotatable bonds is 1. The molecular formula is C7H12N2O3. The summed E-state index contributed by atoms with van der Waals surface area (Å²) in [5, 5.41) is 11.5. The van der Waals surface area contributed by atoms with Gasteiger partial charge < -0.3 is 15.3 Å². The van der Waals surface area contributed by atoms with Crippen LogP contribution in [0.3, 0.4) is 0 Å². The van der Waals surface area contributed by atoms with Crippen molar-refractivity contribution in [2.75, 3.05) is 13.6 Å². The number of amides is 2. The quantitative estimate of drug-likeness (QED) is 0.496. The fourth-order valence-electron chi connectivity index (χ4n) is 1.14. The van der Waals surface area contributed by atoms with Crippen molar-refractivity contribution in [3.8, 4) is 0 Å². The van der Waals surface area contributed by atoms with Gasteiger partial charge in [0.15, 0.2) is 0 Å². The van der Waals surface area contributed by atoms with Gasteiger partial charge >= 0.3 is 0 Å². The topological polar surface area (TPSA) is 69.6 Å². The lowest BCUT2D eigenvalue weighted by atomic mass is 10.1. The summed E-state index contributed by atoms with van der Waals surface area (Å²) >= 11 is 0. The van der Waals surface area contributed by atoms with Gasteiger partial charge in [-0.15, -0.1) is 0 Å². The van der Waals surface area contributed by atoms with Crippen molar-refractivity contribution in [1.82, 2.24) is 10.2 Å². The zero-order valence-corrected chi connectivity index (χ0v) is 7.07. The van der Waals surface area contributed by atoms with E-state index in [-0.39, 0.29) is 18.4 Å². The predicted molar refractivity (Wildman–Crippen MR) is 41.2 cm³/mol. The first-order valence-corrected chi connectivity index (χ1v) is 3.75. The molecule has 1 saturated heterocycles. The van der Waals surface area contributed by atoms with E-state index in [0.717, 1.165) is 0 Å². The number of hydrogen-bond acceptors (Lipinski definition) is 3. The second-order valence-electron chi connectivity index (χ2n) is 2.98. The van der Waals surface area contributed by atoms with Crippen LogP contribution in [-0.4, -0.2) is 47.6 Å². The number of aliphatic hydroxyl groups is 1. The molecule has 2 unspecified atom stereocenters. The number of nitrogens with zero attached hydrogens (tertiary/aromatic N) is 1. The van der Waals surface area contributed by atoms with Gasteiger partial charge in [0.25, 0.3) is 0 Å². The summed E-state index contributed by atoms with van der Waals surface area (Å²) < 4.78 is 0. The molecule has 1 heterocycles. The lowest BCUT2D eigenvalue weighted by Crippen LogP contribution is -2.60. The number of aliphatic hydroxyl groups excluding tert-OH is 1. The number of hydrogen-bond donors (Lipinski definition) is 2. The van der Waals surface area contributed by atoms with E-state index in [1.807, 2.05) is 0 Å². The molecule has 0 saturated carbocycles. The molecule has 5 heteroatoms. The highest BCUT2D eigenvalue weighted by atomic mass is 16.3. The fourth-order valence-corrected chi connectivity index (χ4v) is 1.14. The molecule has 1 fully saturated rings. The molecule has 1 aliphatic heterocycles. The van der Waals surface area contributed by atoms with Crippen LogP contribution in [0.5, 0.6) is 0 Å². The van der Waals surface area contributed by atoms with Gasteiger partial charge in [0.2, 0.25) is 11.8 Å². The van der Waals surface area contributed by atoms with E-state index < -0.39 is 12.1 Å². The Balaban J connectivity index is 2.73. The minimum Gasteiger partial charge on any atom is -0.391 e. The van der Waals surface area contributed by atoms with Crippen molar-refractivity contribution in [2.24, 2.45) is 0 Å². The molecule has 0 radical (unpaired) electrons. The van der Waals surface area contributed by atoms with Crippen molar-refractivity contribution in [3.63, 3.8) is 0 Å². The molecule has 0 aromatic rings. The molecule has 5 nitrogen and oxygen atoms in total. The fraction of sp³-hybridized carbons (Fsp3) is 0.714. The summed E-state index contributed by atoms with van der Waals surface area (Å²) in [5.41, 5.74) is 0. The van der Waals surface area contributed by atoms with Gasteiger partial charge in [-0.25, -0.2) is 0 Å². The van der Waals surface area contributed by atoms with Crippen LogP contribution in [-0.2, 0) is 9.59 Å². The summed E-state index contributed by atoms with van der Waals surface area (Å²) in [5.74, 6) is -0.479. The third-order valence-corrected chi connectivity index (χ3v) is 1.82. The van der Waals surface area contributed by atoms with Crippen LogP contribution in [0.4, 0.5) is 0 Å². The second kappa shape index (κ2) is 3.10. The Morgan fingerprint density at radius 1 is 1.67 bits per heavy atom. The molecule has 0 spiro atoms. The molecule has 0 bridgehead atoms. The van der Waals surface area contributed by atoms with Crippen LogP contribution < -0.4 is 5.32 Å². The third-order valence-electron chi connectivity index (χ3n) is 1.82. The molecule has 2 amide bonds. The predicted octanol–water partition coefficient (Wildman–Crippen LogP) is -1.68. The first kappa shape index (κ1) is 8.99. The first-order valence-electron chi connectivity index (χ1n) is 3.75. The largest absolute Gasteiger partial charge is 0.391 e. The van der Waals surface area contributed by atoms with E-state index in [4.69, 9.17) is 5.11 Å². The van der Waals surface area contributed by atoms with Crippen LogP contribution in [0.15, 0.2) is 0 Å². The Labute approximate surface area is 70.4 Å². The van der Waals surface area contributed by atoms with Gasteiger partial charge in [-0.1, -0.05) is 0 Å². The van der Waals surface area contributed by atoms with E-state index in [2.05, 4.69) is 5.32 Å². The van der Waals surface area contributed by atoms with Crippen LogP contribution in [0.2, 0.25) is 0 Å². The highest BCUT2D eigenvalue weighted by Crippen LogP contribution is 2.03. The summed E-state index contributed by atoms with van der Waals surface area (Å²) in [6.45, 7) is 1.55. The highest BCUT2D eigenvalue weighted by Gasteiger charge is 2.33. The molecule has 0 aliphatic carbocycles. The molecule has 2 atom stereocenters. The summed E-state index contributed by atoms with van der Waals surface area (Å²) in [7, 11) is 1.54. The molecule has 0 aromatic carbocycles. The molecule has 1 aliphatic rings. The van der Waals surface area contributed by atoms with Crippen LogP contribution in [0.1, 0.15) is 6.92 Å². The van der Waals surface area contributed by atoms with Gasteiger partial charge in [-0.05, 0) is 6.92 Å². The van der Waals surface area contributed by atoms with Crippen LogP contribution in [0, 0.1) is 0 Å². The lowest BCUT2D eigenvalue weighted by molar-refractivity contribution is -0.145. The molecule has 68 valence electrons. The number of carbonyl (C=O) groups is 2. The monoisotopic (exact) mass is 172 g/mol. The minimum atomic E-state index is -0.843. The Hall–Kier alpha value is -1.10. The Kier molecular flexibility index (Phi) is 2.32.